The van der Waals surface area contributed by atoms with Crippen LogP contribution in [0, 0.1) is 0 Å². The highest BCUT2D eigenvalue weighted by Gasteiger charge is 2.08. The van der Waals surface area contributed by atoms with Crippen molar-refractivity contribution in [2.45, 2.75) is 26.3 Å². The van der Waals surface area contributed by atoms with Crippen LogP contribution in [0.4, 0.5) is 0 Å². The highest BCUT2D eigenvalue weighted by molar-refractivity contribution is 6.31. The Morgan fingerprint density at radius 1 is 1.33 bits per heavy atom. The number of nitrogens with two attached hydrogens (primary N) is 1. The average molecular weight is 223 g/mol. The van der Waals surface area contributed by atoms with E-state index in [-0.39, 0.29) is 0 Å². The Kier molecular flexibility index (Phi) is 2.72. The summed E-state index contributed by atoms with van der Waals surface area (Å²) in [5.41, 5.74) is 9.11. The van der Waals surface area contributed by atoms with Crippen LogP contribution < -0.4 is 5.73 Å². The second-order valence-corrected chi connectivity index (χ2v) is 4.55. The van der Waals surface area contributed by atoms with Crippen LogP contribution in [-0.4, -0.2) is 4.98 Å². The number of H-pyrrole nitrogens is 1. The van der Waals surface area contributed by atoms with Gasteiger partial charge in [0.1, 0.15) is 0 Å². The fraction of sp³-hybridized carbons (Fsp3) is 0.333. The quantitative estimate of drug-likeness (QED) is 0.804. The monoisotopic (exact) mass is 222 g/mol. The molecule has 2 nitrogen and oxygen atoms in total. The molecule has 0 unspecified atom stereocenters. The van der Waals surface area contributed by atoms with Crippen molar-refractivity contribution in [3.8, 4) is 0 Å². The zero-order chi connectivity index (χ0) is 11.0. The standard InChI is InChI=1S/C12H15ClN2/c1-7(2)11-5-8-3-10(13)4-9(6-14)12(8)15-11/h3-5,7,15H,6,14H2,1-2H3. The van der Waals surface area contributed by atoms with Crippen LogP contribution in [0.5, 0.6) is 0 Å². The lowest BCUT2D eigenvalue weighted by atomic mass is 10.1. The Morgan fingerprint density at radius 2 is 2.07 bits per heavy atom. The van der Waals surface area contributed by atoms with Gasteiger partial charge in [0.25, 0.3) is 0 Å². The minimum absolute atomic E-state index is 0.488. The van der Waals surface area contributed by atoms with Gasteiger partial charge >= 0.3 is 0 Å². The zero-order valence-electron chi connectivity index (χ0n) is 8.97. The second kappa shape index (κ2) is 3.87. The van der Waals surface area contributed by atoms with Crippen molar-refractivity contribution in [1.82, 2.24) is 4.98 Å². The molecular formula is C12H15ClN2. The largest absolute Gasteiger partial charge is 0.358 e. The lowest BCUT2D eigenvalue weighted by Crippen LogP contribution is -1.97. The Bertz CT molecular complexity index is 486. The Hall–Kier alpha value is -0.990. The number of aromatic amines is 1. The molecule has 0 aliphatic carbocycles. The van der Waals surface area contributed by atoms with Crippen LogP contribution in [0.25, 0.3) is 10.9 Å². The molecule has 15 heavy (non-hydrogen) atoms. The molecular weight excluding hydrogens is 208 g/mol. The minimum Gasteiger partial charge on any atom is -0.358 e. The van der Waals surface area contributed by atoms with E-state index < -0.39 is 0 Å². The summed E-state index contributed by atoms with van der Waals surface area (Å²) in [5, 5.41) is 1.89. The van der Waals surface area contributed by atoms with Crippen molar-refractivity contribution >= 4 is 22.5 Å². The van der Waals surface area contributed by atoms with Crippen LogP contribution in [-0.2, 0) is 6.54 Å². The van der Waals surface area contributed by atoms with Crippen molar-refractivity contribution in [2.24, 2.45) is 5.73 Å². The van der Waals surface area contributed by atoms with E-state index in [1.807, 2.05) is 12.1 Å². The molecule has 3 heteroatoms. The normalized spacial score (nSPS) is 11.5. The summed E-state index contributed by atoms with van der Waals surface area (Å²) in [6, 6.07) is 6.04. The van der Waals surface area contributed by atoms with Gasteiger partial charge in [0.05, 0.1) is 5.52 Å². The third-order valence-corrected chi connectivity index (χ3v) is 2.86. The van der Waals surface area contributed by atoms with Gasteiger partial charge in [-0.05, 0) is 29.7 Å². The summed E-state index contributed by atoms with van der Waals surface area (Å²) in [4.78, 5) is 3.40. The summed E-state index contributed by atoms with van der Waals surface area (Å²) >= 11 is 6.02. The van der Waals surface area contributed by atoms with E-state index in [9.17, 15) is 0 Å². The van der Waals surface area contributed by atoms with Crippen LogP contribution in [0.3, 0.4) is 0 Å². The molecule has 0 bridgehead atoms. The van der Waals surface area contributed by atoms with Gasteiger partial charge in [-0.1, -0.05) is 25.4 Å². The molecule has 1 heterocycles. The lowest BCUT2D eigenvalue weighted by molar-refractivity contribution is 0.836. The number of hydrogen-bond acceptors (Lipinski definition) is 1. The maximum absolute atomic E-state index is 6.02. The number of aromatic nitrogens is 1. The maximum atomic E-state index is 6.02. The van der Waals surface area contributed by atoms with E-state index in [0.717, 1.165) is 21.5 Å². The lowest BCUT2D eigenvalue weighted by Gasteiger charge is -2.01. The van der Waals surface area contributed by atoms with E-state index in [1.54, 1.807) is 0 Å². The molecule has 0 amide bonds. The first-order valence-corrected chi connectivity index (χ1v) is 5.50. The van der Waals surface area contributed by atoms with Gasteiger partial charge in [-0.15, -0.1) is 0 Å². The summed E-state index contributed by atoms with van der Waals surface area (Å²) in [6.45, 7) is 4.83. The predicted octanol–water partition coefficient (Wildman–Crippen LogP) is 3.40. The molecule has 1 aromatic carbocycles. The highest BCUT2D eigenvalue weighted by Crippen LogP contribution is 2.26. The van der Waals surface area contributed by atoms with E-state index in [1.165, 1.54) is 5.69 Å². The number of fused-ring (bicyclic) bond motifs is 1. The molecule has 0 aliphatic heterocycles. The summed E-state index contributed by atoms with van der Waals surface area (Å²) < 4.78 is 0. The summed E-state index contributed by atoms with van der Waals surface area (Å²) in [7, 11) is 0. The molecule has 0 saturated heterocycles. The number of benzene rings is 1. The Labute approximate surface area is 94.4 Å². The molecule has 3 N–H and O–H groups in total. The van der Waals surface area contributed by atoms with E-state index in [2.05, 4.69) is 24.9 Å². The second-order valence-electron chi connectivity index (χ2n) is 4.11. The zero-order valence-corrected chi connectivity index (χ0v) is 9.73. The number of nitrogens with one attached hydrogen (secondary N) is 1. The SMILES string of the molecule is CC(C)c1cc2cc(Cl)cc(CN)c2[nH]1. The van der Waals surface area contributed by atoms with Crippen LogP contribution in [0.15, 0.2) is 18.2 Å². The number of rotatable bonds is 2. The maximum Gasteiger partial charge on any atom is 0.0502 e. The fourth-order valence-corrected chi connectivity index (χ4v) is 2.02. The molecule has 0 saturated carbocycles. The van der Waals surface area contributed by atoms with Crippen molar-refractivity contribution in [3.05, 3.63) is 34.5 Å². The van der Waals surface area contributed by atoms with Crippen LogP contribution in [0.2, 0.25) is 5.02 Å². The highest BCUT2D eigenvalue weighted by atomic mass is 35.5. The van der Waals surface area contributed by atoms with Gasteiger partial charge in [0.15, 0.2) is 0 Å². The fourth-order valence-electron chi connectivity index (χ4n) is 1.77. The predicted molar refractivity (Wildman–Crippen MR) is 65.3 cm³/mol. The first kappa shape index (κ1) is 10.5. The smallest absolute Gasteiger partial charge is 0.0502 e. The first-order valence-electron chi connectivity index (χ1n) is 5.13. The molecule has 2 rings (SSSR count). The van der Waals surface area contributed by atoms with E-state index in [4.69, 9.17) is 17.3 Å². The number of hydrogen-bond donors (Lipinski definition) is 2. The molecule has 80 valence electrons. The minimum atomic E-state index is 0.488. The van der Waals surface area contributed by atoms with Crippen LogP contribution in [0.1, 0.15) is 31.0 Å². The Morgan fingerprint density at radius 3 is 2.67 bits per heavy atom. The average Bonchev–Trinajstić information content (AvgIpc) is 2.59. The number of halogens is 1. The van der Waals surface area contributed by atoms with Gasteiger partial charge in [-0.25, -0.2) is 0 Å². The van der Waals surface area contributed by atoms with Crippen molar-refractivity contribution < 1.29 is 0 Å². The van der Waals surface area contributed by atoms with E-state index in [0.29, 0.717) is 12.5 Å². The topological polar surface area (TPSA) is 41.8 Å². The molecule has 0 fully saturated rings. The van der Waals surface area contributed by atoms with Crippen LogP contribution >= 0.6 is 11.6 Å². The molecule has 2 aromatic rings. The van der Waals surface area contributed by atoms with Crippen molar-refractivity contribution in [1.29, 1.82) is 0 Å². The Balaban J connectivity index is 2.68. The van der Waals surface area contributed by atoms with Gasteiger partial charge in [0.2, 0.25) is 0 Å². The summed E-state index contributed by atoms with van der Waals surface area (Å²) in [5.74, 6) is 0.488. The van der Waals surface area contributed by atoms with Crippen molar-refractivity contribution in [3.63, 3.8) is 0 Å². The van der Waals surface area contributed by atoms with E-state index >= 15 is 0 Å². The third-order valence-electron chi connectivity index (χ3n) is 2.64. The molecule has 0 atom stereocenters. The molecule has 0 aliphatic rings. The molecule has 0 radical (unpaired) electrons. The third kappa shape index (κ3) is 1.87. The summed E-state index contributed by atoms with van der Waals surface area (Å²) in [6.07, 6.45) is 0. The van der Waals surface area contributed by atoms with Gasteiger partial charge < -0.3 is 10.7 Å². The van der Waals surface area contributed by atoms with Gasteiger partial charge in [-0.3, -0.25) is 0 Å². The van der Waals surface area contributed by atoms with Gasteiger partial charge in [0, 0.05) is 22.6 Å². The molecule has 0 spiro atoms. The first-order chi connectivity index (χ1) is 7.11. The van der Waals surface area contributed by atoms with Gasteiger partial charge in [-0.2, -0.15) is 0 Å². The van der Waals surface area contributed by atoms with Crippen molar-refractivity contribution in [2.75, 3.05) is 0 Å². The molecule has 1 aromatic heterocycles.